The van der Waals surface area contributed by atoms with E-state index in [1.54, 1.807) is 0 Å². The number of carbonyl (C=O) groups excluding carboxylic acids is 2. The van der Waals surface area contributed by atoms with Crippen LogP contribution in [0.5, 0.6) is 0 Å². The largest absolute Gasteiger partial charge is 0.335 e. The van der Waals surface area contributed by atoms with Crippen molar-refractivity contribution in [2.45, 2.75) is 25.8 Å². The number of amides is 2. The Kier molecular flexibility index (Phi) is 5.13. The molecule has 0 atom stereocenters. The quantitative estimate of drug-likeness (QED) is 0.877. The van der Waals surface area contributed by atoms with Crippen LogP contribution in [0, 0.1) is 5.82 Å². The first kappa shape index (κ1) is 18.6. The lowest BCUT2D eigenvalue weighted by Gasteiger charge is -2.32. The number of aromatic nitrogens is 2. The minimum Gasteiger partial charge on any atom is -0.335 e. The van der Waals surface area contributed by atoms with Crippen LogP contribution >= 0.6 is 0 Å². The van der Waals surface area contributed by atoms with Gasteiger partial charge in [0.05, 0.1) is 5.69 Å². The predicted octanol–water partition coefficient (Wildman–Crippen LogP) is 2.00. The van der Waals surface area contributed by atoms with Crippen LogP contribution in [0.1, 0.15) is 39.6 Å². The van der Waals surface area contributed by atoms with Crippen molar-refractivity contribution in [2.24, 2.45) is 0 Å². The van der Waals surface area contributed by atoms with Gasteiger partial charge >= 0.3 is 0 Å². The zero-order valence-corrected chi connectivity index (χ0v) is 15.9. The third-order valence-corrected chi connectivity index (χ3v) is 5.42. The highest BCUT2D eigenvalue weighted by molar-refractivity contribution is 6.03. The molecule has 2 aromatic rings. The number of likely N-dealkylation sites (N-methyl/N-ethyl adjacent to an activating group) is 1. The third-order valence-electron chi connectivity index (χ3n) is 5.42. The molecular formula is C20H24FN5O2. The fourth-order valence-corrected chi connectivity index (χ4v) is 3.77. The standard InChI is InChI=1S/C20H24FN5O2/c1-24-10-12-25(13-11-24)20(28)17-16-4-2-3-9-26(16)18(23-17)19(27)22-15-7-5-14(21)6-8-15/h5-8H,2-4,9-13H2,1H3,(H,22,27). The number of rotatable bonds is 3. The summed E-state index contributed by atoms with van der Waals surface area (Å²) in [5, 5.41) is 2.75. The summed E-state index contributed by atoms with van der Waals surface area (Å²) in [4.78, 5) is 34.4. The monoisotopic (exact) mass is 385 g/mol. The highest BCUT2D eigenvalue weighted by Gasteiger charge is 2.30. The van der Waals surface area contributed by atoms with E-state index in [0.29, 0.717) is 31.0 Å². The maximum Gasteiger partial charge on any atom is 0.291 e. The van der Waals surface area contributed by atoms with E-state index in [0.717, 1.165) is 38.0 Å². The Bertz CT molecular complexity index is 885. The van der Waals surface area contributed by atoms with Gasteiger partial charge in [0.25, 0.3) is 11.8 Å². The van der Waals surface area contributed by atoms with Crippen molar-refractivity contribution in [3.63, 3.8) is 0 Å². The smallest absolute Gasteiger partial charge is 0.291 e. The number of hydrogen-bond acceptors (Lipinski definition) is 4. The van der Waals surface area contributed by atoms with Gasteiger partial charge in [-0.1, -0.05) is 0 Å². The second kappa shape index (κ2) is 7.71. The molecule has 2 aliphatic heterocycles. The molecule has 8 heteroatoms. The lowest BCUT2D eigenvalue weighted by molar-refractivity contribution is 0.0657. The Morgan fingerprint density at radius 2 is 1.75 bits per heavy atom. The minimum atomic E-state index is -0.382. The topological polar surface area (TPSA) is 70.5 Å². The number of imidazole rings is 1. The molecule has 1 saturated heterocycles. The molecule has 0 saturated carbocycles. The fourth-order valence-electron chi connectivity index (χ4n) is 3.77. The Balaban J connectivity index is 1.60. The number of benzene rings is 1. The minimum absolute atomic E-state index is 0.0976. The SMILES string of the molecule is CN1CCN(C(=O)c2nc(C(=O)Nc3ccc(F)cc3)n3c2CCCC3)CC1. The summed E-state index contributed by atoms with van der Waals surface area (Å²) in [7, 11) is 2.04. The Morgan fingerprint density at radius 3 is 2.46 bits per heavy atom. The van der Waals surface area contributed by atoms with Gasteiger partial charge in [-0.2, -0.15) is 0 Å². The van der Waals surface area contributed by atoms with Gasteiger partial charge in [0.15, 0.2) is 5.82 Å². The van der Waals surface area contributed by atoms with E-state index in [1.807, 2.05) is 16.5 Å². The van der Waals surface area contributed by atoms with Crippen LogP contribution in [0.2, 0.25) is 0 Å². The van der Waals surface area contributed by atoms with Crippen molar-refractivity contribution >= 4 is 17.5 Å². The molecule has 4 rings (SSSR count). The molecule has 7 nitrogen and oxygen atoms in total. The lowest BCUT2D eigenvalue weighted by atomic mass is 10.1. The maximum absolute atomic E-state index is 13.1. The molecule has 28 heavy (non-hydrogen) atoms. The summed E-state index contributed by atoms with van der Waals surface area (Å²) >= 11 is 0. The summed E-state index contributed by atoms with van der Waals surface area (Å²) in [5.41, 5.74) is 1.74. The van der Waals surface area contributed by atoms with E-state index < -0.39 is 0 Å². The van der Waals surface area contributed by atoms with Crippen LogP contribution in [-0.2, 0) is 13.0 Å². The van der Waals surface area contributed by atoms with Crippen molar-refractivity contribution in [3.05, 3.63) is 47.3 Å². The fraction of sp³-hybridized carbons (Fsp3) is 0.450. The van der Waals surface area contributed by atoms with Gasteiger partial charge in [-0.15, -0.1) is 0 Å². The van der Waals surface area contributed by atoms with Gasteiger partial charge in [0.2, 0.25) is 0 Å². The molecule has 1 fully saturated rings. The first-order chi connectivity index (χ1) is 13.5. The van der Waals surface area contributed by atoms with Crippen LogP contribution < -0.4 is 5.32 Å². The molecule has 2 aliphatic rings. The summed E-state index contributed by atoms with van der Waals surface area (Å²) in [6.45, 7) is 3.67. The predicted molar refractivity (Wildman–Crippen MR) is 103 cm³/mol. The van der Waals surface area contributed by atoms with E-state index in [4.69, 9.17) is 0 Å². The van der Waals surface area contributed by atoms with E-state index in [1.165, 1.54) is 24.3 Å². The van der Waals surface area contributed by atoms with E-state index in [2.05, 4.69) is 15.2 Å². The number of halogens is 1. The molecule has 0 aliphatic carbocycles. The Morgan fingerprint density at radius 1 is 1.04 bits per heavy atom. The van der Waals surface area contributed by atoms with Crippen molar-refractivity contribution < 1.29 is 14.0 Å². The number of fused-ring (bicyclic) bond motifs is 1. The van der Waals surface area contributed by atoms with Gasteiger partial charge in [0.1, 0.15) is 11.5 Å². The summed E-state index contributed by atoms with van der Waals surface area (Å²) in [6, 6.07) is 5.59. The van der Waals surface area contributed by atoms with Crippen molar-refractivity contribution in [3.8, 4) is 0 Å². The van der Waals surface area contributed by atoms with Crippen molar-refractivity contribution in [1.29, 1.82) is 0 Å². The first-order valence-corrected chi connectivity index (χ1v) is 9.67. The van der Waals surface area contributed by atoms with Crippen molar-refractivity contribution in [1.82, 2.24) is 19.4 Å². The molecule has 1 aromatic heterocycles. The molecule has 148 valence electrons. The third kappa shape index (κ3) is 3.64. The molecule has 0 spiro atoms. The number of hydrogen-bond donors (Lipinski definition) is 1. The lowest BCUT2D eigenvalue weighted by Crippen LogP contribution is -2.47. The molecule has 1 aromatic carbocycles. The summed E-state index contributed by atoms with van der Waals surface area (Å²) < 4.78 is 15.0. The number of nitrogens with zero attached hydrogens (tertiary/aromatic N) is 4. The van der Waals surface area contributed by atoms with Gasteiger partial charge < -0.3 is 19.7 Å². The summed E-state index contributed by atoms with van der Waals surface area (Å²) in [6.07, 6.45) is 2.67. The average molecular weight is 385 g/mol. The summed E-state index contributed by atoms with van der Waals surface area (Å²) in [5.74, 6) is -0.598. The van der Waals surface area contributed by atoms with Gasteiger partial charge in [0, 0.05) is 38.4 Å². The molecule has 0 bridgehead atoms. The number of anilines is 1. The molecule has 1 N–H and O–H groups in total. The van der Waals surface area contributed by atoms with E-state index in [-0.39, 0.29) is 23.5 Å². The second-order valence-corrected chi connectivity index (χ2v) is 7.40. The van der Waals surface area contributed by atoms with Gasteiger partial charge in [-0.3, -0.25) is 9.59 Å². The Labute approximate surface area is 163 Å². The average Bonchev–Trinajstić information content (AvgIpc) is 3.10. The van der Waals surface area contributed by atoms with Crippen LogP contribution in [0.25, 0.3) is 0 Å². The van der Waals surface area contributed by atoms with Crippen molar-refractivity contribution in [2.75, 3.05) is 38.5 Å². The normalized spacial score (nSPS) is 17.3. The first-order valence-electron chi connectivity index (χ1n) is 9.67. The van der Waals surface area contributed by atoms with Gasteiger partial charge in [-0.05, 0) is 50.6 Å². The molecular weight excluding hydrogens is 361 g/mol. The van der Waals surface area contributed by atoms with E-state index in [9.17, 15) is 14.0 Å². The zero-order valence-electron chi connectivity index (χ0n) is 15.9. The molecule has 0 radical (unpaired) electrons. The zero-order chi connectivity index (χ0) is 19.7. The number of nitrogens with one attached hydrogen (secondary N) is 1. The highest BCUT2D eigenvalue weighted by Crippen LogP contribution is 2.23. The van der Waals surface area contributed by atoms with Crippen LogP contribution in [0.3, 0.4) is 0 Å². The second-order valence-electron chi connectivity index (χ2n) is 7.40. The number of carbonyl (C=O) groups is 2. The maximum atomic E-state index is 13.1. The molecule has 3 heterocycles. The van der Waals surface area contributed by atoms with Crippen LogP contribution in [0.15, 0.2) is 24.3 Å². The Hall–Kier alpha value is -2.74. The molecule has 0 unspecified atom stereocenters. The molecule has 2 amide bonds. The number of piperazine rings is 1. The van der Waals surface area contributed by atoms with E-state index >= 15 is 0 Å². The van der Waals surface area contributed by atoms with Gasteiger partial charge in [-0.25, -0.2) is 9.37 Å². The van der Waals surface area contributed by atoms with Crippen LogP contribution in [0.4, 0.5) is 10.1 Å². The van der Waals surface area contributed by atoms with Crippen LogP contribution in [-0.4, -0.2) is 64.4 Å². The highest BCUT2D eigenvalue weighted by atomic mass is 19.1.